The van der Waals surface area contributed by atoms with Crippen LogP contribution in [-0.4, -0.2) is 25.3 Å². The van der Waals surface area contributed by atoms with Crippen molar-refractivity contribution >= 4 is 11.8 Å². The second kappa shape index (κ2) is 7.40. The highest BCUT2D eigenvalue weighted by Crippen LogP contribution is 2.44. The highest BCUT2D eigenvalue weighted by Gasteiger charge is 2.43. The molecule has 1 aliphatic rings. The third-order valence-corrected chi connectivity index (χ3v) is 5.39. The maximum atomic E-state index is 13.3. The standard InChI is InChI=1S/C20H26N2O4/c1-5-15-13(2)22-26-18(15)21-19(23)20(10-6-7-11-20)14-8-9-16(24-3)17(12-14)25-4/h8-9,12H,5-7,10-11H2,1-4H3,(H,21,23). The molecular weight excluding hydrogens is 332 g/mol. The summed E-state index contributed by atoms with van der Waals surface area (Å²) in [6.45, 7) is 3.91. The van der Waals surface area contributed by atoms with Gasteiger partial charge in [-0.2, -0.15) is 0 Å². The fourth-order valence-corrected chi connectivity index (χ4v) is 3.89. The van der Waals surface area contributed by atoms with E-state index in [1.807, 2.05) is 32.0 Å². The Kier molecular flexibility index (Phi) is 5.20. The second-order valence-corrected chi connectivity index (χ2v) is 6.74. The molecule has 1 saturated carbocycles. The summed E-state index contributed by atoms with van der Waals surface area (Å²) < 4.78 is 16.1. The van der Waals surface area contributed by atoms with Gasteiger partial charge in [-0.05, 0) is 43.9 Å². The number of carbonyl (C=O) groups excluding carboxylic acids is 1. The number of hydrogen-bond donors (Lipinski definition) is 1. The van der Waals surface area contributed by atoms with Crippen LogP contribution >= 0.6 is 0 Å². The van der Waals surface area contributed by atoms with Gasteiger partial charge in [-0.3, -0.25) is 10.1 Å². The van der Waals surface area contributed by atoms with E-state index in [9.17, 15) is 4.79 Å². The van der Waals surface area contributed by atoms with Crippen LogP contribution in [0.15, 0.2) is 22.7 Å². The number of nitrogens with one attached hydrogen (secondary N) is 1. The molecule has 0 spiro atoms. The summed E-state index contributed by atoms with van der Waals surface area (Å²) in [5, 5.41) is 6.98. The van der Waals surface area contributed by atoms with Crippen molar-refractivity contribution in [3.8, 4) is 11.5 Å². The molecular formula is C20H26N2O4. The normalized spacial score (nSPS) is 15.7. The Morgan fingerprint density at radius 2 is 1.92 bits per heavy atom. The molecule has 1 aromatic heterocycles. The average Bonchev–Trinajstić information content (AvgIpc) is 3.29. The van der Waals surface area contributed by atoms with Gasteiger partial charge >= 0.3 is 0 Å². The van der Waals surface area contributed by atoms with E-state index < -0.39 is 5.41 Å². The van der Waals surface area contributed by atoms with Crippen LogP contribution in [-0.2, 0) is 16.6 Å². The van der Waals surface area contributed by atoms with Crippen LogP contribution in [0.25, 0.3) is 0 Å². The van der Waals surface area contributed by atoms with E-state index in [0.717, 1.165) is 48.9 Å². The third-order valence-electron chi connectivity index (χ3n) is 5.39. The number of amides is 1. The van der Waals surface area contributed by atoms with Gasteiger partial charge in [0.15, 0.2) is 11.5 Å². The molecule has 140 valence electrons. The van der Waals surface area contributed by atoms with Crippen LogP contribution in [0, 0.1) is 6.92 Å². The SMILES string of the molecule is CCc1c(C)noc1NC(=O)C1(c2ccc(OC)c(OC)c2)CCCC1. The Morgan fingerprint density at radius 3 is 2.54 bits per heavy atom. The lowest BCUT2D eigenvalue weighted by atomic mass is 9.77. The number of anilines is 1. The number of ether oxygens (including phenoxy) is 2. The molecule has 2 aromatic rings. The van der Waals surface area contributed by atoms with E-state index in [2.05, 4.69) is 10.5 Å². The Balaban J connectivity index is 1.96. The van der Waals surface area contributed by atoms with E-state index in [4.69, 9.17) is 14.0 Å². The van der Waals surface area contributed by atoms with Crippen molar-refractivity contribution in [2.75, 3.05) is 19.5 Å². The lowest BCUT2D eigenvalue weighted by Crippen LogP contribution is -2.38. The Hall–Kier alpha value is -2.50. The number of rotatable bonds is 6. The van der Waals surface area contributed by atoms with E-state index in [-0.39, 0.29) is 5.91 Å². The van der Waals surface area contributed by atoms with Crippen molar-refractivity contribution in [1.29, 1.82) is 0 Å². The number of nitrogens with zero attached hydrogens (tertiary/aromatic N) is 1. The topological polar surface area (TPSA) is 73.6 Å². The fraction of sp³-hybridized carbons (Fsp3) is 0.500. The highest BCUT2D eigenvalue weighted by atomic mass is 16.5. The van der Waals surface area contributed by atoms with Crippen molar-refractivity contribution in [3.63, 3.8) is 0 Å². The summed E-state index contributed by atoms with van der Waals surface area (Å²) in [7, 11) is 3.21. The maximum Gasteiger partial charge on any atom is 0.237 e. The number of aromatic nitrogens is 1. The first-order valence-corrected chi connectivity index (χ1v) is 9.04. The van der Waals surface area contributed by atoms with Crippen LogP contribution in [0.3, 0.4) is 0 Å². The molecule has 1 fully saturated rings. The Morgan fingerprint density at radius 1 is 1.23 bits per heavy atom. The van der Waals surface area contributed by atoms with E-state index in [1.54, 1.807) is 14.2 Å². The number of hydrogen-bond acceptors (Lipinski definition) is 5. The van der Waals surface area contributed by atoms with Gasteiger partial charge in [0.25, 0.3) is 0 Å². The molecule has 0 saturated heterocycles. The zero-order valence-corrected chi connectivity index (χ0v) is 15.8. The van der Waals surface area contributed by atoms with Crippen molar-refractivity contribution < 1.29 is 18.8 Å². The van der Waals surface area contributed by atoms with Crippen molar-refractivity contribution in [3.05, 3.63) is 35.0 Å². The third kappa shape index (κ3) is 3.04. The second-order valence-electron chi connectivity index (χ2n) is 6.74. The molecule has 1 amide bonds. The summed E-state index contributed by atoms with van der Waals surface area (Å²) in [6, 6.07) is 5.73. The van der Waals surface area contributed by atoms with Crippen LogP contribution in [0.1, 0.15) is 49.4 Å². The molecule has 1 heterocycles. The van der Waals surface area contributed by atoms with Crippen molar-refractivity contribution in [2.45, 2.75) is 51.4 Å². The summed E-state index contributed by atoms with van der Waals surface area (Å²) in [6.07, 6.45) is 4.37. The molecule has 3 rings (SSSR count). The number of aryl methyl sites for hydroxylation is 1. The Bertz CT molecular complexity index is 791. The number of methoxy groups -OCH3 is 2. The van der Waals surface area contributed by atoms with Crippen molar-refractivity contribution in [1.82, 2.24) is 5.16 Å². The zero-order valence-electron chi connectivity index (χ0n) is 15.8. The van der Waals surface area contributed by atoms with Gasteiger partial charge in [0.1, 0.15) is 0 Å². The van der Waals surface area contributed by atoms with Crippen LogP contribution in [0.4, 0.5) is 5.88 Å². The van der Waals surface area contributed by atoms with E-state index >= 15 is 0 Å². The lowest BCUT2D eigenvalue weighted by molar-refractivity contribution is -0.121. The van der Waals surface area contributed by atoms with Gasteiger partial charge < -0.3 is 14.0 Å². The Labute approximate surface area is 153 Å². The first-order chi connectivity index (χ1) is 12.6. The van der Waals surface area contributed by atoms with Crippen LogP contribution in [0.2, 0.25) is 0 Å². The summed E-state index contributed by atoms with van der Waals surface area (Å²) in [4.78, 5) is 13.3. The van der Waals surface area contributed by atoms with Gasteiger partial charge in [0.05, 0.1) is 25.3 Å². The van der Waals surface area contributed by atoms with Crippen molar-refractivity contribution in [2.24, 2.45) is 0 Å². The molecule has 1 N–H and O–H groups in total. The van der Waals surface area contributed by atoms with Gasteiger partial charge in [-0.15, -0.1) is 0 Å². The maximum absolute atomic E-state index is 13.3. The first-order valence-electron chi connectivity index (χ1n) is 9.04. The first kappa shape index (κ1) is 18.3. The number of carbonyl (C=O) groups is 1. The molecule has 6 nitrogen and oxygen atoms in total. The molecule has 0 unspecified atom stereocenters. The van der Waals surface area contributed by atoms with Gasteiger partial charge in [0.2, 0.25) is 11.8 Å². The molecule has 26 heavy (non-hydrogen) atoms. The van der Waals surface area contributed by atoms with Gasteiger partial charge in [-0.1, -0.05) is 31.0 Å². The predicted molar refractivity (Wildman–Crippen MR) is 98.9 cm³/mol. The summed E-state index contributed by atoms with van der Waals surface area (Å²) >= 11 is 0. The smallest absolute Gasteiger partial charge is 0.237 e. The molecule has 0 atom stereocenters. The summed E-state index contributed by atoms with van der Waals surface area (Å²) in [5.74, 6) is 1.70. The largest absolute Gasteiger partial charge is 0.493 e. The quantitative estimate of drug-likeness (QED) is 0.844. The molecule has 6 heteroatoms. The minimum Gasteiger partial charge on any atom is -0.493 e. The fourth-order valence-electron chi connectivity index (χ4n) is 3.89. The van der Waals surface area contributed by atoms with Crippen LogP contribution in [0.5, 0.6) is 11.5 Å². The summed E-state index contributed by atoms with van der Waals surface area (Å²) in [5.41, 5.74) is 2.11. The van der Waals surface area contributed by atoms with Gasteiger partial charge in [0, 0.05) is 5.56 Å². The molecule has 0 aliphatic heterocycles. The minimum absolute atomic E-state index is 0.0481. The highest BCUT2D eigenvalue weighted by molar-refractivity contribution is 5.99. The van der Waals surface area contributed by atoms with E-state index in [1.165, 1.54) is 0 Å². The molecule has 1 aromatic carbocycles. The molecule has 0 radical (unpaired) electrons. The monoisotopic (exact) mass is 358 g/mol. The zero-order chi connectivity index (χ0) is 18.7. The molecule has 0 bridgehead atoms. The molecule has 1 aliphatic carbocycles. The van der Waals surface area contributed by atoms with E-state index in [0.29, 0.717) is 17.4 Å². The predicted octanol–water partition coefficient (Wildman–Crippen LogP) is 4.01. The average molecular weight is 358 g/mol. The minimum atomic E-state index is -0.592. The van der Waals surface area contributed by atoms with Crippen LogP contribution < -0.4 is 14.8 Å². The number of benzene rings is 1. The lowest BCUT2D eigenvalue weighted by Gasteiger charge is -2.28. The van der Waals surface area contributed by atoms with Gasteiger partial charge in [-0.25, -0.2) is 0 Å².